The molecule has 0 saturated carbocycles. The van der Waals surface area contributed by atoms with Crippen LogP contribution >= 0.6 is 0 Å². The highest BCUT2D eigenvalue weighted by Gasteiger charge is 2.26. The van der Waals surface area contributed by atoms with Gasteiger partial charge in [-0.1, -0.05) is 17.7 Å². The molecule has 4 heteroatoms. The van der Waals surface area contributed by atoms with Gasteiger partial charge in [-0.15, -0.1) is 0 Å². The Kier molecular flexibility index (Phi) is 3.54. The SMILES string of the molecule is Cc1cccc(C(=O)N2CCC[C@@H](c3ccn[nH]3)C2)c1. The van der Waals surface area contributed by atoms with Crippen molar-refractivity contribution in [2.75, 3.05) is 13.1 Å². The van der Waals surface area contributed by atoms with E-state index in [1.807, 2.05) is 42.2 Å². The highest BCUT2D eigenvalue weighted by atomic mass is 16.2. The fourth-order valence-corrected chi connectivity index (χ4v) is 2.87. The predicted molar refractivity (Wildman–Crippen MR) is 77.6 cm³/mol. The molecule has 0 radical (unpaired) electrons. The Morgan fingerprint density at radius 3 is 3.05 bits per heavy atom. The summed E-state index contributed by atoms with van der Waals surface area (Å²) in [6, 6.07) is 9.82. The summed E-state index contributed by atoms with van der Waals surface area (Å²) >= 11 is 0. The van der Waals surface area contributed by atoms with Crippen LogP contribution in [-0.4, -0.2) is 34.1 Å². The van der Waals surface area contributed by atoms with Gasteiger partial charge in [0.25, 0.3) is 5.91 Å². The Bertz CT molecular complexity index is 592. The number of amides is 1. The van der Waals surface area contributed by atoms with Gasteiger partial charge in [-0.25, -0.2) is 0 Å². The van der Waals surface area contributed by atoms with E-state index in [9.17, 15) is 4.79 Å². The molecule has 104 valence electrons. The first-order valence-corrected chi connectivity index (χ1v) is 7.09. The van der Waals surface area contributed by atoms with Crippen molar-refractivity contribution >= 4 is 5.91 Å². The first kappa shape index (κ1) is 12.9. The molecule has 3 rings (SSSR count). The number of piperidine rings is 1. The second-order valence-electron chi connectivity index (χ2n) is 5.47. The number of benzene rings is 1. The Labute approximate surface area is 118 Å². The summed E-state index contributed by atoms with van der Waals surface area (Å²) in [5.41, 5.74) is 3.04. The van der Waals surface area contributed by atoms with Crippen LogP contribution in [0.2, 0.25) is 0 Å². The van der Waals surface area contributed by atoms with Gasteiger partial charge in [-0.3, -0.25) is 9.89 Å². The third-order valence-electron chi connectivity index (χ3n) is 3.94. The number of likely N-dealkylation sites (tertiary alicyclic amines) is 1. The Hall–Kier alpha value is -2.10. The molecule has 1 saturated heterocycles. The van der Waals surface area contributed by atoms with Crippen molar-refractivity contribution in [2.24, 2.45) is 0 Å². The van der Waals surface area contributed by atoms with Gasteiger partial charge < -0.3 is 4.90 Å². The second kappa shape index (κ2) is 5.49. The average Bonchev–Trinajstić information content (AvgIpc) is 3.01. The van der Waals surface area contributed by atoms with Crippen molar-refractivity contribution in [2.45, 2.75) is 25.7 Å². The van der Waals surface area contributed by atoms with Gasteiger partial charge >= 0.3 is 0 Å². The minimum Gasteiger partial charge on any atom is -0.338 e. The molecule has 1 aromatic carbocycles. The zero-order chi connectivity index (χ0) is 13.9. The number of carbonyl (C=O) groups is 1. The summed E-state index contributed by atoms with van der Waals surface area (Å²) < 4.78 is 0. The number of nitrogens with one attached hydrogen (secondary N) is 1. The normalized spacial score (nSPS) is 19.1. The first-order valence-electron chi connectivity index (χ1n) is 7.09. The number of nitrogens with zero attached hydrogens (tertiary/aromatic N) is 2. The lowest BCUT2D eigenvalue weighted by atomic mass is 9.94. The van der Waals surface area contributed by atoms with Gasteiger partial charge in [0, 0.05) is 36.5 Å². The van der Waals surface area contributed by atoms with Gasteiger partial charge in [0.1, 0.15) is 0 Å². The molecule has 0 aliphatic carbocycles. The molecule has 2 aromatic rings. The lowest BCUT2D eigenvalue weighted by Gasteiger charge is -2.32. The molecule has 20 heavy (non-hydrogen) atoms. The monoisotopic (exact) mass is 269 g/mol. The Balaban J connectivity index is 1.75. The summed E-state index contributed by atoms with van der Waals surface area (Å²) in [5.74, 6) is 0.512. The number of rotatable bonds is 2. The van der Waals surface area contributed by atoms with Crippen LogP contribution in [0.5, 0.6) is 0 Å². The second-order valence-corrected chi connectivity index (χ2v) is 5.47. The number of aryl methyl sites for hydroxylation is 1. The fraction of sp³-hybridized carbons (Fsp3) is 0.375. The Morgan fingerprint density at radius 1 is 1.40 bits per heavy atom. The number of carbonyl (C=O) groups excluding carboxylic acids is 1. The van der Waals surface area contributed by atoms with Crippen LogP contribution in [0.4, 0.5) is 0 Å². The third-order valence-corrected chi connectivity index (χ3v) is 3.94. The Morgan fingerprint density at radius 2 is 2.30 bits per heavy atom. The number of aromatic nitrogens is 2. The van der Waals surface area contributed by atoms with E-state index in [-0.39, 0.29) is 5.91 Å². The van der Waals surface area contributed by atoms with E-state index >= 15 is 0 Å². The van der Waals surface area contributed by atoms with Crippen LogP contribution in [0.1, 0.15) is 40.4 Å². The van der Waals surface area contributed by atoms with Crippen molar-refractivity contribution in [1.29, 1.82) is 0 Å². The van der Waals surface area contributed by atoms with E-state index < -0.39 is 0 Å². The van der Waals surface area contributed by atoms with Crippen LogP contribution in [0.3, 0.4) is 0 Å². The minimum atomic E-state index is 0.137. The summed E-state index contributed by atoms with van der Waals surface area (Å²) in [6.07, 6.45) is 3.93. The van der Waals surface area contributed by atoms with Crippen LogP contribution in [-0.2, 0) is 0 Å². The van der Waals surface area contributed by atoms with Crippen molar-refractivity contribution in [1.82, 2.24) is 15.1 Å². The number of hydrogen-bond acceptors (Lipinski definition) is 2. The number of hydrogen-bond donors (Lipinski definition) is 1. The molecule has 1 amide bonds. The zero-order valence-electron chi connectivity index (χ0n) is 11.7. The molecule has 0 unspecified atom stereocenters. The van der Waals surface area contributed by atoms with E-state index in [0.29, 0.717) is 5.92 Å². The van der Waals surface area contributed by atoms with Crippen LogP contribution in [0.15, 0.2) is 36.5 Å². The topological polar surface area (TPSA) is 49.0 Å². The standard InChI is InChI=1S/C16H19N3O/c1-12-4-2-5-13(10-12)16(20)19-9-3-6-14(11-19)15-7-8-17-18-15/h2,4-5,7-8,10,14H,3,6,9,11H2,1H3,(H,17,18)/t14-/m1/s1. The van der Waals surface area contributed by atoms with E-state index in [1.54, 1.807) is 6.20 Å². The van der Waals surface area contributed by atoms with E-state index in [4.69, 9.17) is 0 Å². The minimum absolute atomic E-state index is 0.137. The molecule has 1 aliphatic heterocycles. The predicted octanol–water partition coefficient (Wildman–Crippen LogP) is 2.74. The highest BCUT2D eigenvalue weighted by molar-refractivity contribution is 5.94. The van der Waals surface area contributed by atoms with Crippen LogP contribution in [0.25, 0.3) is 0 Å². The zero-order valence-corrected chi connectivity index (χ0v) is 11.7. The van der Waals surface area contributed by atoms with Gasteiger partial charge in [0.2, 0.25) is 0 Å². The van der Waals surface area contributed by atoms with Gasteiger partial charge in [0.15, 0.2) is 0 Å². The van der Waals surface area contributed by atoms with Crippen molar-refractivity contribution in [3.63, 3.8) is 0 Å². The first-order chi connectivity index (χ1) is 9.74. The lowest BCUT2D eigenvalue weighted by molar-refractivity contribution is 0.0706. The smallest absolute Gasteiger partial charge is 0.253 e. The summed E-state index contributed by atoms with van der Waals surface area (Å²) in [6.45, 7) is 3.63. The molecule has 2 heterocycles. The van der Waals surface area contributed by atoms with Gasteiger partial charge in [-0.2, -0.15) is 5.10 Å². The molecule has 1 aromatic heterocycles. The van der Waals surface area contributed by atoms with Crippen LogP contribution < -0.4 is 0 Å². The summed E-state index contributed by atoms with van der Waals surface area (Å²) in [4.78, 5) is 14.5. The van der Waals surface area contributed by atoms with Gasteiger partial charge in [-0.05, 0) is 38.0 Å². The lowest BCUT2D eigenvalue weighted by Crippen LogP contribution is -2.39. The fourth-order valence-electron chi connectivity index (χ4n) is 2.87. The van der Waals surface area contributed by atoms with E-state index in [2.05, 4.69) is 10.2 Å². The maximum atomic E-state index is 12.6. The third kappa shape index (κ3) is 2.59. The summed E-state index contributed by atoms with van der Waals surface area (Å²) in [7, 11) is 0. The molecule has 1 atom stereocenters. The molecule has 1 aliphatic rings. The molecule has 1 fully saturated rings. The van der Waals surface area contributed by atoms with Crippen molar-refractivity contribution in [3.05, 3.63) is 53.3 Å². The highest BCUT2D eigenvalue weighted by Crippen LogP contribution is 2.26. The van der Waals surface area contributed by atoms with Crippen LogP contribution in [0, 0.1) is 6.92 Å². The molecular weight excluding hydrogens is 250 g/mol. The van der Waals surface area contributed by atoms with Crippen molar-refractivity contribution < 1.29 is 4.79 Å². The summed E-state index contributed by atoms with van der Waals surface area (Å²) in [5, 5.41) is 7.04. The van der Waals surface area contributed by atoms with Crippen molar-refractivity contribution in [3.8, 4) is 0 Å². The average molecular weight is 269 g/mol. The molecule has 1 N–H and O–H groups in total. The molecule has 4 nitrogen and oxygen atoms in total. The maximum Gasteiger partial charge on any atom is 0.253 e. The largest absolute Gasteiger partial charge is 0.338 e. The molecule has 0 bridgehead atoms. The van der Waals surface area contributed by atoms with Gasteiger partial charge in [0.05, 0.1) is 0 Å². The number of aromatic amines is 1. The van der Waals surface area contributed by atoms with E-state index in [1.165, 1.54) is 0 Å². The quantitative estimate of drug-likeness (QED) is 0.911. The van der Waals surface area contributed by atoms with E-state index in [0.717, 1.165) is 42.8 Å². The molecular formula is C16H19N3O. The number of H-pyrrole nitrogens is 1. The molecule has 0 spiro atoms. The maximum absolute atomic E-state index is 12.6.